The summed E-state index contributed by atoms with van der Waals surface area (Å²) in [7, 11) is 63.2. The number of nitrogens with zero attached hydrogens (tertiary/aromatic N) is 4. The summed E-state index contributed by atoms with van der Waals surface area (Å²) in [4.78, 5) is 15.0. The van der Waals surface area contributed by atoms with Crippen LogP contribution in [-0.2, 0) is 0 Å². The molecule has 15 heteroatoms. The first-order valence-electron chi connectivity index (χ1n) is 16.7. The number of aromatic nitrogens is 4. The van der Waals surface area contributed by atoms with Crippen molar-refractivity contribution in [1.29, 1.82) is 0 Å². The maximum Gasteiger partial charge on any atom is 0.238 e. The maximum atomic E-state index is 6.57. The topological polar surface area (TPSA) is 56.7 Å². The first-order valence-corrected chi connectivity index (χ1v) is 16.7. The minimum atomic E-state index is 0.0677. The van der Waals surface area contributed by atoms with Crippen LogP contribution in [0.15, 0.2) is 89.3 Å². The summed E-state index contributed by atoms with van der Waals surface area (Å²) in [5.74, 6) is 0.687. The fourth-order valence-corrected chi connectivity index (χ4v) is 7.22. The quantitative estimate of drug-likeness (QED) is 0.201. The molecule has 0 spiro atoms. The lowest BCUT2D eigenvalue weighted by atomic mass is 9.59. The average Bonchev–Trinajstić information content (AvgIpc) is 3.73. The minimum absolute atomic E-state index is 0.0677. The van der Waals surface area contributed by atoms with Crippen molar-refractivity contribution in [3.8, 4) is 39.9 Å². The molecule has 9 rings (SSSR count). The Kier molecular flexibility index (Phi) is 8.00. The van der Waals surface area contributed by atoms with Gasteiger partial charge in [0.05, 0.1) is 16.6 Å². The molecule has 0 saturated heterocycles. The number of furan rings is 1. The van der Waals surface area contributed by atoms with Crippen molar-refractivity contribution >= 4 is 177 Å². The number of rotatable bonds is 4. The highest BCUT2D eigenvalue weighted by molar-refractivity contribution is 6.69. The normalized spacial score (nSPS) is 11.7. The number of para-hydroxylation sites is 3. The van der Waals surface area contributed by atoms with Gasteiger partial charge in [-0.2, -0.15) is 9.97 Å². The van der Waals surface area contributed by atoms with Gasteiger partial charge in [-0.05, 0) is 41.5 Å². The summed E-state index contributed by atoms with van der Waals surface area (Å²) in [6, 6.07) is 27.2. The minimum Gasteiger partial charge on any atom is -0.455 e. The lowest BCUT2D eigenvalue weighted by Crippen LogP contribution is -2.55. The second-order valence-electron chi connectivity index (χ2n) is 13.0. The summed E-state index contributed by atoms with van der Waals surface area (Å²) in [6.07, 6.45) is 0. The highest BCUT2D eigenvalue weighted by Crippen LogP contribution is 2.37. The van der Waals surface area contributed by atoms with E-state index < -0.39 is 0 Å². The third kappa shape index (κ3) is 4.97. The molecule has 54 heavy (non-hydrogen) atoms. The van der Waals surface area contributed by atoms with E-state index in [9.17, 15) is 0 Å². The van der Waals surface area contributed by atoms with Gasteiger partial charge in [0.15, 0.2) is 11.6 Å². The van der Waals surface area contributed by atoms with Crippen molar-refractivity contribution < 1.29 is 4.42 Å². The SMILES string of the molecule is [B]c1c([B])c([B])c(-c2ccc3oc4c(-c5nc(-c6c([B])c([B])c([B])c([B])c6[B])nc(-n6c7ccccc7c7ccccc76)n5)cccc4c3c2)c([B])c1[B]. The van der Waals surface area contributed by atoms with Gasteiger partial charge in [-0.3, -0.25) is 4.57 Å². The Bertz CT molecular complexity index is 2970. The second-order valence-corrected chi connectivity index (χ2v) is 13.0. The molecule has 20 radical (unpaired) electrons. The molecule has 0 aliphatic heterocycles. The van der Waals surface area contributed by atoms with Gasteiger partial charge >= 0.3 is 0 Å². The average molecular weight is 663 g/mol. The van der Waals surface area contributed by atoms with Crippen molar-refractivity contribution in [3.63, 3.8) is 0 Å². The van der Waals surface area contributed by atoms with Gasteiger partial charge in [-0.1, -0.05) is 76.4 Å². The molecule has 226 valence electrons. The first kappa shape index (κ1) is 34.4. The van der Waals surface area contributed by atoms with E-state index in [4.69, 9.17) is 97.8 Å². The van der Waals surface area contributed by atoms with Crippen molar-refractivity contribution in [2.75, 3.05) is 0 Å². The smallest absolute Gasteiger partial charge is 0.238 e. The summed E-state index contributed by atoms with van der Waals surface area (Å²) in [5, 5.41) is 3.55. The van der Waals surface area contributed by atoms with E-state index in [1.54, 1.807) is 0 Å². The molecule has 0 aliphatic carbocycles. The molecule has 5 nitrogen and oxygen atoms in total. The van der Waals surface area contributed by atoms with Crippen molar-refractivity contribution in [2.45, 2.75) is 0 Å². The second kappa shape index (κ2) is 12.6. The molecular weight excluding hydrogens is 649 g/mol. The Morgan fingerprint density at radius 1 is 0.426 bits per heavy atom. The molecule has 9 aromatic rings. The Morgan fingerprint density at radius 2 is 0.926 bits per heavy atom. The molecule has 0 amide bonds. The molecule has 3 aromatic heterocycles. The predicted molar refractivity (Wildman–Crippen MR) is 232 cm³/mol. The standard InChI is InChI=1S/C39H14B10N4O/c40-26-24(27(41)31(45)34(48)30(26)44)15-12-13-23-20(14-15)18-8-5-9-19(36(18)54-23)37-50-38(25-28(42)32(46)35(49)33(47)29(25)43)52-39(51-37)53-21-10-3-1-6-16(21)17-7-2-4-11-22(17)53/h1-14H. The fraction of sp³-hybridized carbons (Fsp3) is 0. The highest BCUT2D eigenvalue weighted by atomic mass is 16.3. The van der Waals surface area contributed by atoms with E-state index in [-0.39, 0.29) is 71.8 Å². The number of benzene rings is 6. The summed E-state index contributed by atoms with van der Waals surface area (Å²) in [5.41, 5.74) is 6.05. The zero-order valence-electron chi connectivity index (χ0n) is 28.6. The molecule has 3 heterocycles. The lowest BCUT2D eigenvalue weighted by Gasteiger charge is -2.21. The molecule has 0 aliphatic rings. The van der Waals surface area contributed by atoms with E-state index in [1.165, 1.54) is 0 Å². The Balaban J connectivity index is 1.33. The summed E-state index contributed by atoms with van der Waals surface area (Å²) < 4.78 is 8.49. The van der Waals surface area contributed by atoms with Crippen LogP contribution in [0.2, 0.25) is 0 Å². The summed E-state index contributed by atoms with van der Waals surface area (Å²) in [6.45, 7) is 0. The van der Waals surface area contributed by atoms with Crippen LogP contribution in [-0.4, -0.2) is 98.0 Å². The van der Waals surface area contributed by atoms with Crippen molar-refractivity contribution in [1.82, 2.24) is 19.5 Å². The monoisotopic (exact) mass is 664 g/mol. The van der Waals surface area contributed by atoms with Crippen LogP contribution in [0.25, 0.3) is 83.6 Å². The fourth-order valence-electron chi connectivity index (χ4n) is 7.22. The Hall–Kier alpha value is -5.42. The molecule has 0 atom stereocenters. The van der Waals surface area contributed by atoms with Crippen LogP contribution in [0.5, 0.6) is 0 Å². The predicted octanol–water partition coefficient (Wildman–Crippen LogP) is -2.19. The van der Waals surface area contributed by atoms with Crippen LogP contribution in [0.3, 0.4) is 0 Å². The van der Waals surface area contributed by atoms with E-state index in [0.29, 0.717) is 33.8 Å². The highest BCUT2D eigenvalue weighted by Gasteiger charge is 2.23. The van der Waals surface area contributed by atoms with Gasteiger partial charge in [0, 0.05) is 27.1 Å². The zero-order valence-corrected chi connectivity index (χ0v) is 28.6. The van der Waals surface area contributed by atoms with Gasteiger partial charge in [-0.15, -0.1) is 32.8 Å². The van der Waals surface area contributed by atoms with Gasteiger partial charge in [0.1, 0.15) is 89.6 Å². The molecule has 0 bridgehead atoms. The molecule has 6 aromatic carbocycles. The van der Waals surface area contributed by atoms with E-state index in [0.717, 1.165) is 32.6 Å². The molecule has 0 saturated carbocycles. The summed E-state index contributed by atoms with van der Waals surface area (Å²) >= 11 is 0. The third-order valence-electron chi connectivity index (χ3n) is 10.1. The van der Waals surface area contributed by atoms with Crippen molar-refractivity contribution in [3.05, 3.63) is 84.9 Å². The Labute approximate surface area is 324 Å². The number of hydrogen-bond acceptors (Lipinski definition) is 4. The zero-order chi connectivity index (χ0) is 37.7. The van der Waals surface area contributed by atoms with Gasteiger partial charge in [-0.25, -0.2) is 4.98 Å². The van der Waals surface area contributed by atoms with E-state index >= 15 is 0 Å². The number of hydrogen-bond donors (Lipinski definition) is 0. The lowest BCUT2D eigenvalue weighted by molar-refractivity contribution is 0.669. The van der Waals surface area contributed by atoms with E-state index in [1.807, 2.05) is 89.5 Å². The maximum absolute atomic E-state index is 6.57. The third-order valence-corrected chi connectivity index (χ3v) is 10.1. The van der Waals surface area contributed by atoms with Crippen LogP contribution < -0.4 is 54.6 Å². The van der Waals surface area contributed by atoms with Crippen LogP contribution in [0.1, 0.15) is 0 Å². The van der Waals surface area contributed by atoms with Gasteiger partial charge in [0.25, 0.3) is 0 Å². The van der Waals surface area contributed by atoms with Crippen LogP contribution in [0, 0.1) is 0 Å². The van der Waals surface area contributed by atoms with Gasteiger partial charge in [0.2, 0.25) is 5.95 Å². The largest absolute Gasteiger partial charge is 0.455 e. The Morgan fingerprint density at radius 3 is 1.52 bits per heavy atom. The van der Waals surface area contributed by atoms with Crippen molar-refractivity contribution in [2.24, 2.45) is 0 Å². The molecule has 0 unspecified atom stereocenters. The van der Waals surface area contributed by atoms with Crippen LogP contribution >= 0.6 is 0 Å². The molecular formula is C39H14B10N4O. The first-order chi connectivity index (χ1) is 26.0. The molecule has 0 fully saturated rings. The number of fused-ring (bicyclic) bond motifs is 6. The van der Waals surface area contributed by atoms with E-state index in [2.05, 4.69) is 0 Å². The van der Waals surface area contributed by atoms with Gasteiger partial charge < -0.3 is 4.42 Å². The van der Waals surface area contributed by atoms with Crippen LogP contribution in [0.4, 0.5) is 0 Å². The molecule has 0 N–H and O–H groups in total.